The third kappa shape index (κ3) is 5.22. The van der Waals surface area contributed by atoms with E-state index < -0.39 is 0 Å². The number of hydrogen-bond donors (Lipinski definition) is 3. The van der Waals surface area contributed by atoms with Gasteiger partial charge in [0.2, 0.25) is 0 Å². The van der Waals surface area contributed by atoms with E-state index in [1.807, 2.05) is 0 Å². The summed E-state index contributed by atoms with van der Waals surface area (Å²) in [7, 11) is 0. The minimum atomic E-state index is -0.364. The van der Waals surface area contributed by atoms with Crippen molar-refractivity contribution in [3.05, 3.63) is 50.9 Å². The van der Waals surface area contributed by atoms with Crippen LogP contribution in [0.25, 0.3) is 0 Å². The van der Waals surface area contributed by atoms with Crippen molar-refractivity contribution in [3.63, 3.8) is 0 Å². The number of hydrogen-bond acceptors (Lipinski definition) is 3. The number of aryl methyl sites for hydroxylation is 6. The van der Waals surface area contributed by atoms with E-state index in [1.54, 1.807) is 0 Å². The first-order chi connectivity index (χ1) is 14.0. The van der Waals surface area contributed by atoms with Crippen LogP contribution < -0.4 is 50.9 Å². The second-order valence-corrected chi connectivity index (χ2v) is 8.61. The van der Waals surface area contributed by atoms with Crippen molar-refractivity contribution in [2.45, 2.75) is 83.8 Å². The predicted molar refractivity (Wildman–Crippen MR) is 112 cm³/mol. The summed E-state index contributed by atoms with van der Waals surface area (Å²) in [5.74, 6) is 0. The molecule has 0 aliphatic heterocycles. The Balaban J connectivity index is 0.00000320. The average molecular weight is 669 g/mol. The van der Waals surface area contributed by atoms with Crippen LogP contribution in [0.15, 0.2) is 0 Å². The molecular formula is C22H33Br3N6Ti. The number of nitrogens with zero attached hydrogens (tertiary/aromatic N) is 3. The molecule has 10 heteroatoms. The average Bonchev–Trinajstić information content (AvgIpc) is 3.48. The summed E-state index contributed by atoms with van der Waals surface area (Å²) < 4.78 is -0.364. The van der Waals surface area contributed by atoms with Crippen molar-refractivity contribution >= 4 is 0 Å². The SMILES string of the molecule is CCc1n[nH]c(CC)c1[C]([Ti+3])(c1c(CC)n[nH]c1CC)c1c(CC)n[nH]c1CC.[Br-].[Br-].[Br-]. The molecule has 0 atom stereocenters. The van der Waals surface area contributed by atoms with Crippen molar-refractivity contribution in [2.24, 2.45) is 0 Å². The van der Waals surface area contributed by atoms with E-state index in [0.717, 1.165) is 55.6 Å². The summed E-state index contributed by atoms with van der Waals surface area (Å²) in [5.41, 5.74) is 11.0. The van der Waals surface area contributed by atoms with Crippen LogP contribution in [0.3, 0.4) is 0 Å². The maximum atomic E-state index is 4.73. The van der Waals surface area contributed by atoms with Gasteiger partial charge in [-0.1, -0.05) is 0 Å². The van der Waals surface area contributed by atoms with Gasteiger partial charge >= 0.3 is 186 Å². The largest absolute Gasteiger partial charge is 1.00 e. The van der Waals surface area contributed by atoms with E-state index in [0.29, 0.717) is 0 Å². The maximum absolute atomic E-state index is 4.73. The first-order valence-electron chi connectivity index (χ1n) is 11.0. The molecule has 0 amide bonds. The number of aromatic nitrogens is 6. The molecule has 0 spiro atoms. The first-order valence-corrected chi connectivity index (χ1v) is 11.7. The molecule has 0 aromatic carbocycles. The van der Waals surface area contributed by atoms with Gasteiger partial charge in [0.1, 0.15) is 0 Å². The normalized spacial score (nSPS) is 11.0. The van der Waals surface area contributed by atoms with Gasteiger partial charge in [0.15, 0.2) is 0 Å². The van der Waals surface area contributed by atoms with E-state index in [9.17, 15) is 0 Å². The minimum Gasteiger partial charge on any atom is -1.00 e. The Bertz CT molecular complexity index is 792. The van der Waals surface area contributed by atoms with Gasteiger partial charge in [-0.15, -0.1) is 0 Å². The van der Waals surface area contributed by atoms with Gasteiger partial charge in [-0.3, -0.25) is 0 Å². The number of H-pyrrole nitrogens is 3. The van der Waals surface area contributed by atoms with E-state index >= 15 is 0 Å². The molecule has 0 aliphatic rings. The fourth-order valence-corrected chi connectivity index (χ4v) is 5.88. The second kappa shape index (κ2) is 13.6. The standard InChI is InChI=1S/C22H33N6.3BrH.Ti/c1-7-13-19(14(8-2)24-23-13)22(20-15(9-3)25-26-16(20)10-4)21-17(11-5)27-28-18(21)12-6;;;;/h7-12H2,1-6H3,(H,23,24)(H,25,26)(H,27,28);3*1H;/q;;;;+3/p-3. The quantitative estimate of drug-likeness (QED) is 0.200. The van der Waals surface area contributed by atoms with Crippen LogP contribution in [0.1, 0.15) is 92.4 Å². The molecule has 3 aromatic rings. The Labute approximate surface area is 235 Å². The molecule has 0 aliphatic carbocycles. The molecule has 176 valence electrons. The van der Waals surface area contributed by atoms with Gasteiger partial charge in [-0.05, 0) is 0 Å². The van der Waals surface area contributed by atoms with Crippen LogP contribution in [0.2, 0.25) is 0 Å². The van der Waals surface area contributed by atoms with Crippen molar-refractivity contribution in [1.29, 1.82) is 0 Å². The molecular weight excluding hydrogens is 636 g/mol. The second-order valence-electron chi connectivity index (χ2n) is 7.44. The van der Waals surface area contributed by atoms with Crippen molar-refractivity contribution < 1.29 is 71.4 Å². The number of nitrogens with one attached hydrogen (secondary N) is 3. The van der Waals surface area contributed by atoms with Crippen LogP contribution >= 0.6 is 0 Å². The third-order valence-electron chi connectivity index (χ3n) is 5.94. The van der Waals surface area contributed by atoms with Crippen molar-refractivity contribution in [1.82, 2.24) is 30.6 Å². The summed E-state index contributed by atoms with van der Waals surface area (Å²) in [6.07, 6.45) is 5.42. The molecule has 3 N–H and O–H groups in total. The molecule has 0 saturated heterocycles. The summed E-state index contributed by atoms with van der Waals surface area (Å²) in [5, 5.41) is 24.2. The van der Waals surface area contributed by atoms with E-state index in [-0.39, 0.29) is 54.7 Å². The van der Waals surface area contributed by atoms with E-state index in [2.05, 4.69) is 77.3 Å². The molecule has 3 aromatic heterocycles. The Morgan fingerprint density at radius 3 is 0.969 bits per heavy atom. The molecule has 0 saturated carbocycles. The smallest absolute Gasteiger partial charge is 1.00 e. The minimum absolute atomic E-state index is 0. The van der Waals surface area contributed by atoms with Gasteiger partial charge in [-0.25, -0.2) is 0 Å². The zero-order valence-corrected chi connectivity index (χ0v) is 26.0. The zero-order chi connectivity index (χ0) is 21.2. The molecule has 0 radical (unpaired) electrons. The Morgan fingerprint density at radius 2 is 0.781 bits per heavy atom. The van der Waals surface area contributed by atoms with Crippen LogP contribution in [0.5, 0.6) is 0 Å². The molecule has 0 bridgehead atoms. The van der Waals surface area contributed by atoms with Gasteiger partial charge in [-0.2, -0.15) is 0 Å². The molecule has 3 rings (SSSR count). The predicted octanol–water partition coefficient (Wildman–Crippen LogP) is -4.92. The van der Waals surface area contributed by atoms with E-state index in [1.165, 1.54) is 33.8 Å². The number of rotatable bonds is 9. The molecule has 6 nitrogen and oxygen atoms in total. The Kier molecular flexibility index (Phi) is 13.5. The third-order valence-corrected chi connectivity index (χ3v) is 7.11. The summed E-state index contributed by atoms with van der Waals surface area (Å²) in [6.45, 7) is 13.2. The number of aromatic amines is 3. The molecule has 0 unspecified atom stereocenters. The maximum Gasteiger partial charge on any atom is -1.00 e. The molecule has 0 fully saturated rings. The number of halogens is 3. The summed E-state index contributed by atoms with van der Waals surface area (Å²) in [6, 6.07) is 0. The monoisotopic (exact) mass is 666 g/mol. The van der Waals surface area contributed by atoms with Crippen LogP contribution in [-0.2, 0) is 62.7 Å². The van der Waals surface area contributed by atoms with Crippen LogP contribution in [0, 0.1) is 0 Å². The summed E-state index contributed by atoms with van der Waals surface area (Å²) >= 11 is 2.36. The topological polar surface area (TPSA) is 86.0 Å². The summed E-state index contributed by atoms with van der Waals surface area (Å²) in [4.78, 5) is 0. The molecule has 32 heavy (non-hydrogen) atoms. The van der Waals surface area contributed by atoms with Gasteiger partial charge < -0.3 is 50.9 Å². The van der Waals surface area contributed by atoms with Gasteiger partial charge in [0.05, 0.1) is 0 Å². The zero-order valence-electron chi connectivity index (χ0n) is 19.7. The molecule has 3 heterocycles. The fourth-order valence-electron chi connectivity index (χ4n) is 4.50. The van der Waals surface area contributed by atoms with Crippen molar-refractivity contribution in [3.8, 4) is 0 Å². The van der Waals surface area contributed by atoms with Crippen molar-refractivity contribution in [2.75, 3.05) is 0 Å². The van der Waals surface area contributed by atoms with Gasteiger partial charge in [0.25, 0.3) is 0 Å². The Hall–Kier alpha value is -0.216. The van der Waals surface area contributed by atoms with Gasteiger partial charge in [0, 0.05) is 0 Å². The van der Waals surface area contributed by atoms with E-state index in [4.69, 9.17) is 15.3 Å². The Morgan fingerprint density at radius 1 is 0.531 bits per heavy atom. The van der Waals surface area contributed by atoms with Crippen LogP contribution in [-0.4, -0.2) is 30.6 Å². The van der Waals surface area contributed by atoms with Crippen LogP contribution in [0.4, 0.5) is 0 Å². The fraction of sp³-hybridized carbons (Fsp3) is 0.591. The first kappa shape index (κ1) is 31.8.